The van der Waals surface area contributed by atoms with Crippen molar-refractivity contribution < 1.29 is 12.8 Å². The second-order valence-electron chi connectivity index (χ2n) is 6.46. The van der Waals surface area contributed by atoms with E-state index in [-0.39, 0.29) is 10.9 Å². The van der Waals surface area contributed by atoms with E-state index < -0.39 is 15.8 Å². The molecule has 0 aliphatic carbocycles. The van der Waals surface area contributed by atoms with Crippen molar-refractivity contribution in [3.63, 3.8) is 0 Å². The lowest BCUT2D eigenvalue weighted by Gasteiger charge is -2.39. The van der Waals surface area contributed by atoms with Crippen molar-refractivity contribution >= 4 is 10.0 Å². The Morgan fingerprint density at radius 2 is 1.70 bits per heavy atom. The van der Waals surface area contributed by atoms with Gasteiger partial charge in [0.1, 0.15) is 5.82 Å². The molecule has 1 fully saturated rings. The molecule has 5 nitrogen and oxygen atoms in total. The van der Waals surface area contributed by atoms with Crippen molar-refractivity contribution in [2.45, 2.75) is 24.8 Å². The number of piperazine rings is 1. The minimum Gasteiger partial charge on any atom is -0.304 e. The molecule has 0 saturated carbocycles. The maximum Gasteiger partial charge on any atom is 0.240 e. The number of benzene rings is 1. The summed E-state index contributed by atoms with van der Waals surface area (Å²) in [6.45, 7) is 8.45. The van der Waals surface area contributed by atoms with Crippen LogP contribution in [0.4, 0.5) is 4.39 Å². The average molecular weight is 343 g/mol. The van der Waals surface area contributed by atoms with Crippen LogP contribution >= 0.6 is 0 Å². The Hall–Kier alpha value is -1.02. The van der Waals surface area contributed by atoms with E-state index >= 15 is 0 Å². The molecule has 0 radical (unpaired) electrons. The number of nitrogens with one attached hydrogen (secondary N) is 1. The lowest BCUT2D eigenvalue weighted by Crippen LogP contribution is -2.54. The van der Waals surface area contributed by atoms with Gasteiger partial charge in [-0.1, -0.05) is 13.8 Å². The highest BCUT2D eigenvalue weighted by Gasteiger charge is 2.26. The molecular weight excluding hydrogens is 317 g/mol. The lowest BCUT2D eigenvalue weighted by molar-refractivity contribution is 0.0905. The molecule has 0 spiro atoms. The van der Waals surface area contributed by atoms with Crippen LogP contribution in [0.15, 0.2) is 29.2 Å². The molecule has 23 heavy (non-hydrogen) atoms. The molecule has 0 amide bonds. The first-order valence-electron chi connectivity index (χ1n) is 7.97. The Morgan fingerprint density at radius 1 is 1.13 bits per heavy atom. The number of rotatable bonds is 6. The van der Waals surface area contributed by atoms with Gasteiger partial charge in [0.15, 0.2) is 0 Å². The van der Waals surface area contributed by atoms with Crippen LogP contribution in [0.1, 0.15) is 13.8 Å². The van der Waals surface area contributed by atoms with Gasteiger partial charge in [0.2, 0.25) is 10.0 Å². The van der Waals surface area contributed by atoms with Crippen molar-refractivity contribution in [3.05, 3.63) is 30.1 Å². The molecule has 0 bridgehead atoms. The van der Waals surface area contributed by atoms with E-state index in [0.717, 1.165) is 38.3 Å². The Labute approximate surface area is 138 Å². The monoisotopic (exact) mass is 343 g/mol. The van der Waals surface area contributed by atoms with Crippen LogP contribution in [0.2, 0.25) is 0 Å². The molecular formula is C16H26FN3O2S. The van der Waals surface area contributed by atoms with E-state index in [2.05, 4.69) is 35.4 Å². The first-order chi connectivity index (χ1) is 10.8. The van der Waals surface area contributed by atoms with E-state index in [9.17, 15) is 12.8 Å². The van der Waals surface area contributed by atoms with Gasteiger partial charge in [-0.25, -0.2) is 17.5 Å². The van der Waals surface area contributed by atoms with Crippen LogP contribution in [0, 0.1) is 11.7 Å². The molecule has 7 heteroatoms. The van der Waals surface area contributed by atoms with Crippen molar-refractivity contribution in [1.82, 2.24) is 14.5 Å². The summed E-state index contributed by atoms with van der Waals surface area (Å²) < 4.78 is 40.3. The van der Waals surface area contributed by atoms with E-state index in [0.29, 0.717) is 12.5 Å². The van der Waals surface area contributed by atoms with Gasteiger partial charge in [-0.15, -0.1) is 0 Å². The summed E-state index contributed by atoms with van der Waals surface area (Å²) in [6, 6.07) is 5.05. The predicted molar refractivity (Wildman–Crippen MR) is 89.3 cm³/mol. The van der Waals surface area contributed by atoms with Crippen molar-refractivity contribution in [1.29, 1.82) is 0 Å². The number of halogens is 1. The molecule has 1 aliphatic rings. The number of nitrogens with zero attached hydrogens (tertiary/aromatic N) is 2. The third-order valence-electron chi connectivity index (χ3n) is 4.38. The molecule has 1 heterocycles. The zero-order valence-electron chi connectivity index (χ0n) is 14.0. The third-order valence-corrected chi connectivity index (χ3v) is 5.82. The molecule has 0 aromatic heterocycles. The van der Waals surface area contributed by atoms with Crippen LogP contribution in [-0.2, 0) is 10.0 Å². The Bertz CT molecular complexity index is 596. The fraction of sp³-hybridized carbons (Fsp3) is 0.625. The second kappa shape index (κ2) is 7.70. The van der Waals surface area contributed by atoms with Gasteiger partial charge in [0.25, 0.3) is 0 Å². The minimum atomic E-state index is -3.61. The van der Waals surface area contributed by atoms with Crippen molar-refractivity contribution in [2.75, 3.05) is 39.8 Å². The largest absolute Gasteiger partial charge is 0.304 e. The molecule has 1 aliphatic heterocycles. The zero-order chi connectivity index (χ0) is 17.0. The highest BCUT2D eigenvalue weighted by Crippen LogP contribution is 2.15. The van der Waals surface area contributed by atoms with Crippen LogP contribution in [0.25, 0.3) is 0 Å². The van der Waals surface area contributed by atoms with Gasteiger partial charge >= 0.3 is 0 Å². The predicted octanol–water partition coefficient (Wildman–Crippen LogP) is 1.38. The maximum atomic E-state index is 12.9. The molecule has 1 unspecified atom stereocenters. The topological polar surface area (TPSA) is 52.7 Å². The van der Waals surface area contributed by atoms with Gasteiger partial charge in [-0.3, -0.25) is 4.90 Å². The average Bonchev–Trinajstić information content (AvgIpc) is 2.49. The summed E-state index contributed by atoms with van der Waals surface area (Å²) in [5, 5.41) is 0. The molecule has 1 aromatic rings. The molecule has 2 rings (SSSR count). The zero-order valence-corrected chi connectivity index (χ0v) is 14.8. The Kier molecular flexibility index (Phi) is 6.13. The van der Waals surface area contributed by atoms with Crippen LogP contribution in [0.3, 0.4) is 0 Å². The summed E-state index contributed by atoms with van der Waals surface area (Å²) in [5.74, 6) is -0.101. The Morgan fingerprint density at radius 3 is 2.22 bits per heavy atom. The second-order valence-corrected chi connectivity index (χ2v) is 8.22. The summed E-state index contributed by atoms with van der Waals surface area (Å²) >= 11 is 0. The lowest BCUT2D eigenvalue weighted by atomic mass is 10.0. The number of sulfonamides is 1. The van der Waals surface area contributed by atoms with Gasteiger partial charge in [0, 0.05) is 38.8 Å². The third kappa shape index (κ3) is 4.97. The highest BCUT2D eigenvalue weighted by atomic mass is 32.2. The van der Waals surface area contributed by atoms with Gasteiger partial charge in [-0.05, 0) is 37.2 Å². The standard InChI is InChI=1S/C16H26FN3O2S/c1-13(2)16(20-10-8-19(3)9-11-20)12-18-23(21,22)15-6-4-14(17)5-7-15/h4-7,13,16,18H,8-12H2,1-3H3. The van der Waals surface area contributed by atoms with Crippen LogP contribution in [0.5, 0.6) is 0 Å². The molecule has 130 valence electrons. The molecule has 1 saturated heterocycles. The number of hydrogen-bond acceptors (Lipinski definition) is 4. The smallest absolute Gasteiger partial charge is 0.240 e. The van der Waals surface area contributed by atoms with Gasteiger partial charge in [0.05, 0.1) is 4.90 Å². The minimum absolute atomic E-state index is 0.0970. The molecule has 1 atom stereocenters. The first kappa shape index (κ1) is 18.3. The molecule has 1 aromatic carbocycles. The van der Waals surface area contributed by atoms with Gasteiger partial charge in [-0.2, -0.15) is 0 Å². The fourth-order valence-corrected chi connectivity index (χ4v) is 3.88. The number of likely N-dealkylation sites (N-methyl/N-ethyl adjacent to an activating group) is 1. The van der Waals surface area contributed by atoms with E-state index in [1.54, 1.807) is 0 Å². The summed E-state index contributed by atoms with van der Waals surface area (Å²) in [4.78, 5) is 4.72. The van der Waals surface area contributed by atoms with Crippen molar-refractivity contribution in [2.24, 2.45) is 5.92 Å². The van der Waals surface area contributed by atoms with Crippen molar-refractivity contribution in [3.8, 4) is 0 Å². The maximum absolute atomic E-state index is 12.9. The van der Waals surface area contributed by atoms with Crippen LogP contribution < -0.4 is 4.72 Å². The van der Waals surface area contributed by atoms with E-state index in [4.69, 9.17) is 0 Å². The number of hydrogen-bond donors (Lipinski definition) is 1. The first-order valence-corrected chi connectivity index (χ1v) is 9.46. The van der Waals surface area contributed by atoms with E-state index in [1.807, 2.05) is 0 Å². The van der Waals surface area contributed by atoms with E-state index in [1.165, 1.54) is 12.1 Å². The van der Waals surface area contributed by atoms with Gasteiger partial charge < -0.3 is 4.90 Å². The highest BCUT2D eigenvalue weighted by molar-refractivity contribution is 7.89. The SMILES string of the molecule is CC(C)C(CNS(=O)(=O)c1ccc(F)cc1)N1CCN(C)CC1. The summed E-state index contributed by atoms with van der Waals surface area (Å²) in [6.07, 6.45) is 0. The fourth-order valence-electron chi connectivity index (χ4n) is 2.83. The Balaban J connectivity index is 2.02. The quantitative estimate of drug-likeness (QED) is 0.848. The summed E-state index contributed by atoms with van der Waals surface area (Å²) in [5.41, 5.74) is 0. The normalized spacial score (nSPS) is 19.2. The summed E-state index contributed by atoms with van der Waals surface area (Å²) in [7, 11) is -1.51. The molecule has 1 N–H and O–H groups in total. The van der Waals surface area contributed by atoms with Crippen LogP contribution in [-0.4, -0.2) is 64.0 Å².